The first-order valence-corrected chi connectivity index (χ1v) is 3.82. The number of nitrogens with one attached hydrogen (secondary N) is 2. The van der Waals surface area contributed by atoms with Gasteiger partial charge in [0.15, 0.2) is 0 Å². The molecule has 0 saturated heterocycles. The first-order chi connectivity index (χ1) is 6.11. The lowest BCUT2D eigenvalue weighted by Gasteiger charge is -2.11. The normalized spacial score (nSPS) is 11.1. The van der Waals surface area contributed by atoms with Crippen molar-refractivity contribution in [1.29, 1.82) is 0 Å². The fourth-order valence-electron chi connectivity index (χ4n) is 0.679. The van der Waals surface area contributed by atoms with E-state index in [9.17, 15) is 9.59 Å². The average Bonchev–Trinajstić information content (AvgIpc) is 2.10. The molecular weight excluding hydrogens is 172 g/mol. The first kappa shape index (κ1) is 11.3. The van der Waals surface area contributed by atoms with E-state index in [0.717, 1.165) is 0 Å². The van der Waals surface area contributed by atoms with Crippen LogP contribution in [0.3, 0.4) is 0 Å². The number of carbonyl (C=O) groups is 2. The van der Waals surface area contributed by atoms with Gasteiger partial charge in [-0.1, -0.05) is 12.8 Å². The third-order valence-electron chi connectivity index (χ3n) is 1.36. The molecule has 72 valence electrons. The summed E-state index contributed by atoms with van der Waals surface area (Å²) in [6.07, 6.45) is 5.22. The predicted octanol–water partition coefficient (Wildman–Crippen LogP) is -0.218. The van der Waals surface area contributed by atoms with Crippen LogP contribution in [0.4, 0.5) is 4.79 Å². The molecule has 0 fully saturated rings. The van der Waals surface area contributed by atoms with E-state index < -0.39 is 18.0 Å². The Hall–Kier alpha value is -1.70. The lowest BCUT2D eigenvalue weighted by molar-refractivity contribution is -0.139. The van der Waals surface area contributed by atoms with Crippen molar-refractivity contribution in [3.63, 3.8) is 0 Å². The van der Waals surface area contributed by atoms with Crippen molar-refractivity contribution in [2.45, 2.75) is 19.4 Å². The molecule has 0 heterocycles. The first-order valence-electron chi connectivity index (χ1n) is 3.82. The van der Waals surface area contributed by atoms with E-state index >= 15 is 0 Å². The molecule has 0 aliphatic rings. The Morgan fingerprint density at radius 1 is 1.62 bits per heavy atom. The number of hydrogen-bond donors (Lipinski definition) is 3. The van der Waals surface area contributed by atoms with E-state index in [4.69, 9.17) is 11.5 Å². The highest BCUT2D eigenvalue weighted by Crippen LogP contribution is 1.89. The Morgan fingerprint density at radius 2 is 2.23 bits per heavy atom. The van der Waals surface area contributed by atoms with Crippen molar-refractivity contribution in [2.24, 2.45) is 0 Å². The minimum Gasteiger partial charge on any atom is -0.480 e. The number of rotatable bonds is 4. The van der Waals surface area contributed by atoms with Crippen molar-refractivity contribution in [3.05, 3.63) is 0 Å². The zero-order valence-electron chi connectivity index (χ0n) is 7.33. The van der Waals surface area contributed by atoms with E-state index in [1.165, 1.54) is 0 Å². The second kappa shape index (κ2) is 5.89. The molecular formula is C8H12N2O3. The van der Waals surface area contributed by atoms with Crippen LogP contribution in [0.15, 0.2) is 0 Å². The van der Waals surface area contributed by atoms with Crippen LogP contribution in [0.1, 0.15) is 13.3 Å². The molecule has 0 aromatic carbocycles. The van der Waals surface area contributed by atoms with Crippen LogP contribution in [-0.2, 0) is 4.79 Å². The molecule has 0 spiro atoms. The molecule has 2 amide bonds. The number of carbonyl (C=O) groups excluding carboxylic acids is 1. The maximum atomic E-state index is 10.9. The SMILES string of the molecule is C#CCNC(=O)N[C@@H](CC)C(=O)O. The van der Waals surface area contributed by atoms with E-state index in [-0.39, 0.29) is 6.54 Å². The molecule has 13 heavy (non-hydrogen) atoms. The largest absolute Gasteiger partial charge is 0.480 e. The third kappa shape index (κ3) is 4.69. The average molecular weight is 184 g/mol. The van der Waals surface area contributed by atoms with Crippen LogP contribution in [-0.4, -0.2) is 29.7 Å². The number of terminal acetylenes is 1. The highest BCUT2D eigenvalue weighted by Gasteiger charge is 2.16. The lowest BCUT2D eigenvalue weighted by Crippen LogP contribution is -2.45. The van der Waals surface area contributed by atoms with Gasteiger partial charge in [-0.15, -0.1) is 6.42 Å². The van der Waals surface area contributed by atoms with E-state index in [2.05, 4.69) is 16.6 Å². The predicted molar refractivity (Wildman–Crippen MR) is 47.1 cm³/mol. The lowest BCUT2D eigenvalue weighted by atomic mass is 10.2. The Morgan fingerprint density at radius 3 is 2.62 bits per heavy atom. The van der Waals surface area contributed by atoms with Gasteiger partial charge >= 0.3 is 12.0 Å². The van der Waals surface area contributed by atoms with Gasteiger partial charge in [0, 0.05) is 0 Å². The molecule has 0 saturated carbocycles. The van der Waals surface area contributed by atoms with Crippen LogP contribution >= 0.6 is 0 Å². The van der Waals surface area contributed by atoms with Crippen molar-refractivity contribution in [2.75, 3.05) is 6.54 Å². The summed E-state index contributed by atoms with van der Waals surface area (Å²) in [5.41, 5.74) is 0. The molecule has 0 unspecified atom stereocenters. The minimum atomic E-state index is -1.06. The van der Waals surface area contributed by atoms with Crippen molar-refractivity contribution < 1.29 is 14.7 Å². The fraction of sp³-hybridized carbons (Fsp3) is 0.500. The van der Waals surface area contributed by atoms with Gasteiger partial charge in [0.1, 0.15) is 6.04 Å². The van der Waals surface area contributed by atoms with Crippen LogP contribution in [0.5, 0.6) is 0 Å². The van der Waals surface area contributed by atoms with Gasteiger partial charge in [0.25, 0.3) is 0 Å². The third-order valence-corrected chi connectivity index (χ3v) is 1.36. The molecule has 0 aliphatic heterocycles. The summed E-state index contributed by atoms with van der Waals surface area (Å²) in [7, 11) is 0. The number of carboxylic acids is 1. The number of amides is 2. The summed E-state index contributed by atoms with van der Waals surface area (Å²) >= 11 is 0. The summed E-state index contributed by atoms with van der Waals surface area (Å²) < 4.78 is 0. The van der Waals surface area contributed by atoms with E-state index in [1.807, 2.05) is 0 Å². The standard InChI is InChI=1S/C8H12N2O3/c1-3-5-9-8(13)10-6(4-2)7(11)12/h1,6H,4-5H2,2H3,(H,11,12)(H2,9,10,13)/t6-/m0/s1. The van der Waals surface area contributed by atoms with Gasteiger partial charge in [-0.05, 0) is 6.42 Å². The Bertz CT molecular complexity index is 232. The molecule has 0 radical (unpaired) electrons. The molecule has 1 atom stereocenters. The molecule has 0 aromatic rings. The van der Waals surface area contributed by atoms with Crippen LogP contribution in [0, 0.1) is 12.3 Å². The summed E-state index contributed by atoms with van der Waals surface area (Å²) in [5, 5.41) is 13.1. The summed E-state index contributed by atoms with van der Waals surface area (Å²) in [4.78, 5) is 21.4. The van der Waals surface area contributed by atoms with Gasteiger partial charge in [0.2, 0.25) is 0 Å². The van der Waals surface area contributed by atoms with Crippen molar-refractivity contribution in [1.82, 2.24) is 10.6 Å². The molecule has 0 rings (SSSR count). The smallest absolute Gasteiger partial charge is 0.326 e. The van der Waals surface area contributed by atoms with E-state index in [1.54, 1.807) is 6.92 Å². The minimum absolute atomic E-state index is 0.0852. The van der Waals surface area contributed by atoms with Gasteiger partial charge in [-0.2, -0.15) is 0 Å². The van der Waals surface area contributed by atoms with Gasteiger partial charge < -0.3 is 15.7 Å². The highest BCUT2D eigenvalue weighted by atomic mass is 16.4. The topological polar surface area (TPSA) is 78.4 Å². The second-order valence-corrected chi connectivity index (χ2v) is 2.33. The number of aliphatic carboxylic acids is 1. The molecule has 5 nitrogen and oxygen atoms in total. The van der Waals surface area contributed by atoms with Gasteiger partial charge in [-0.25, -0.2) is 9.59 Å². The molecule has 3 N–H and O–H groups in total. The number of urea groups is 1. The zero-order chi connectivity index (χ0) is 10.3. The maximum Gasteiger partial charge on any atom is 0.326 e. The fourth-order valence-corrected chi connectivity index (χ4v) is 0.679. The van der Waals surface area contributed by atoms with Gasteiger partial charge in [-0.3, -0.25) is 0 Å². The number of carboxylic acid groups (broad SMARTS) is 1. The summed E-state index contributed by atoms with van der Waals surface area (Å²) in [6.45, 7) is 1.75. The van der Waals surface area contributed by atoms with Crippen LogP contribution in [0.2, 0.25) is 0 Å². The summed E-state index contributed by atoms with van der Waals surface area (Å²) in [6, 6.07) is -1.43. The quantitative estimate of drug-likeness (QED) is 0.528. The zero-order valence-corrected chi connectivity index (χ0v) is 7.33. The highest BCUT2D eigenvalue weighted by molar-refractivity contribution is 5.82. The second-order valence-electron chi connectivity index (χ2n) is 2.33. The maximum absolute atomic E-state index is 10.9. The van der Waals surface area contributed by atoms with E-state index in [0.29, 0.717) is 6.42 Å². The van der Waals surface area contributed by atoms with Crippen molar-refractivity contribution >= 4 is 12.0 Å². The van der Waals surface area contributed by atoms with Crippen molar-refractivity contribution in [3.8, 4) is 12.3 Å². The Labute approximate surface area is 76.5 Å². The Balaban J connectivity index is 3.88. The van der Waals surface area contributed by atoms with Crippen LogP contribution in [0.25, 0.3) is 0 Å². The monoisotopic (exact) mass is 184 g/mol. The van der Waals surface area contributed by atoms with Gasteiger partial charge in [0.05, 0.1) is 6.54 Å². The molecule has 0 aliphatic carbocycles. The summed E-state index contributed by atoms with van der Waals surface area (Å²) in [5.74, 6) is 1.14. The molecule has 0 aromatic heterocycles. The Kier molecular flexibility index (Phi) is 5.12. The number of hydrogen-bond acceptors (Lipinski definition) is 2. The molecule has 5 heteroatoms. The van der Waals surface area contributed by atoms with Crippen LogP contribution < -0.4 is 10.6 Å². The molecule has 0 bridgehead atoms.